The second-order valence-electron chi connectivity index (χ2n) is 8.10. The van der Waals surface area contributed by atoms with Crippen LogP contribution in [-0.4, -0.2) is 19.9 Å². The molecule has 1 amide bonds. The quantitative estimate of drug-likeness (QED) is 0.384. The van der Waals surface area contributed by atoms with Crippen LogP contribution in [-0.2, 0) is 11.3 Å². The largest absolute Gasteiger partial charge is 0.331 e. The third kappa shape index (κ3) is 3.24. The summed E-state index contributed by atoms with van der Waals surface area (Å²) in [5.41, 5.74) is 3.79. The van der Waals surface area contributed by atoms with Crippen LogP contribution in [0.3, 0.4) is 0 Å². The highest BCUT2D eigenvalue weighted by atomic mass is 16.2. The Labute approximate surface area is 194 Å². The van der Waals surface area contributed by atoms with Gasteiger partial charge < -0.3 is 9.88 Å². The van der Waals surface area contributed by atoms with E-state index in [1.807, 2.05) is 100 Å². The lowest BCUT2D eigenvalue weighted by Crippen LogP contribution is -2.22. The number of imidazole rings is 1. The van der Waals surface area contributed by atoms with Crippen molar-refractivity contribution in [3.63, 3.8) is 0 Å². The van der Waals surface area contributed by atoms with Crippen LogP contribution in [0, 0.1) is 0 Å². The van der Waals surface area contributed by atoms with Gasteiger partial charge in [-0.15, -0.1) is 0 Å². The molecule has 1 N–H and O–H groups in total. The van der Waals surface area contributed by atoms with Gasteiger partial charge in [0.05, 0.1) is 11.0 Å². The number of anilines is 1. The molecule has 6 aromatic rings. The summed E-state index contributed by atoms with van der Waals surface area (Å²) in [5, 5.41) is 4.27. The van der Waals surface area contributed by atoms with Crippen molar-refractivity contribution in [3.8, 4) is 11.3 Å². The summed E-state index contributed by atoms with van der Waals surface area (Å²) in [6, 6.07) is 30.3. The molecule has 0 fully saturated rings. The molecule has 0 aliphatic heterocycles. The number of para-hydroxylation sites is 2. The van der Waals surface area contributed by atoms with Gasteiger partial charge in [0.1, 0.15) is 23.7 Å². The van der Waals surface area contributed by atoms with E-state index in [0.717, 1.165) is 22.2 Å². The lowest BCUT2D eigenvalue weighted by molar-refractivity contribution is -0.116. The average molecular weight is 444 g/mol. The van der Waals surface area contributed by atoms with Crippen molar-refractivity contribution in [1.82, 2.24) is 14.0 Å². The summed E-state index contributed by atoms with van der Waals surface area (Å²) in [4.78, 5) is 31.2. The fraction of sp³-hybridized carbons (Fsp3) is 0.0357. The Morgan fingerprint density at radius 2 is 1.38 bits per heavy atom. The van der Waals surface area contributed by atoms with E-state index < -0.39 is 0 Å². The van der Waals surface area contributed by atoms with Crippen LogP contribution in [0.5, 0.6) is 0 Å². The van der Waals surface area contributed by atoms with E-state index in [-0.39, 0.29) is 17.9 Å². The van der Waals surface area contributed by atoms with Gasteiger partial charge in [-0.2, -0.15) is 0 Å². The van der Waals surface area contributed by atoms with E-state index in [1.54, 1.807) is 12.1 Å². The van der Waals surface area contributed by atoms with Crippen LogP contribution in [0.25, 0.3) is 38.7 Å². The number of carbonyl (C=O) groups is 1. The maximum absolute atomic E-state index is 13.4. The van der Waals surface area contributed by atoms with E-state index in [9.17, 15) is 9.59 Å². The van der Waals surface area contributed by atoms with E-state index in [2.05, 4.69) is 5.32 Å². The van der Waals surface area contributed by atoms with Gasteiger partial charge in [0.2, 0.25) is 5.91 Å². The third-order valence-electron chi connectivity index (χ3n) is 6.02. The fourth-order valence-electron chi connectivity index (χ4n) is 4.48. The standard InChI is InChI=1S/C28H20N4O2/c33-25(18-32-22-14-6-4-12-20(22)27(34)21-13-5-7-15-23(21)32)30-28-26(19-10-2-1-3-11-19)29-24-16-8-9-17-31(24)28/h1-17H,18H2,(H,30,33). The van der Waals surface area contributed by atoms with Gasteiger partial charge in [0, 0.05) is 22.5 Å². The number of rotatable bonds is 4. The SMILES string of the molecule is O=C(Cn1c2ccccc2c(=O)c2ccccc21)Nc1c(-c2ccccc2)nc2ccccn12. The minimum Gasteiger partial charge on any atom is -0.331 e. The van der Waals surface area contributed by atoms with Gasteiger partial charge in [-0.1, -0.05) is 60.7 Å². The number of pyridine rings is 2. The first-order valence-corrected chi connectivity index (χ1v) is 11.0. The number of fused-ring (bicyclic) bond motifs is 3. The predicted octanol–water partition coefficient (Wildman–Crippen LogP) is 5.11. The molecular formula is C28H20N4O2. The molecule has 6 nitrogen and oxygen atoms in total. The maximum atomic E-state index is 13.4. The first-order valence-electron chi connectivity index (χ1n) is 11.0. The minimum absolute atomic E-state index is 0.0315. The van der Waals surface area contributed by atoms with Crippen molar-refractivity contribution in [2.45, 2.75) is 6.54 Å². The summed E-state index contributed by atoms with van der Waals surface area (Å²) >= 11 is 0. The molecule has 0 atom stereocenters. The van der Waals surface area contributed by atoms with Crippen LogP contribution in [0.2, 0.25) is 0 Å². The summed E-state index contributed by atoms with van der Waals surface area (Å²) in [5.74, 6) is 0.406. The Morgan fingerprint density at radius 3 is 2.09 bits per heavy atom. The van der Waals surface area contributed by atoms with Crippen LogP contribution >= 0.6 is 0 Å². The first kappa shape index (κ1) is 19.9. The van der Waals surface area contributed by atoms with Crippen LogP contribution < -0.4 is 10.7 Å². The Kier molecular flexibility index (Phi) is 4.70. The zero-order valence-corrected chi connectivity index (χ0v) is 18.2. The van der Waals surface area contributed by atoms with Crippen LogP contribution in [0.1, 0.15) is 0 Å². The van der Waals surface area contributed by atoms with Gasteiger partial charge in [-0.05, 0) is 36.4 Å². The van der Waals surface area contributed by atoms with E-state index in [4.69, 9.17) is 4.98 Å². The highest BCUT2D eigenvalue weighted by Crippen LogP contribution is 2.29. The number of hydrogen-bond donors (Lipinski definition) is 1. The Morgan fingerprint density at radius 1 is 0.765 bits per heavy atom. The average Bonchev–Trinajstić information content (AvgIpc) is 3.25. The zero-order chi connectivity index (χ0) is 23.1. The van der Waals surface area contributed by atoms with E-state index in [1.165, 1.54) is 0 Å². The number of amides is 1. The number of hydrogen-bond acceptors (Lipinski definition) is 3. The molecule has 6 heteroatoms. The van der Waals surface area contributed by atoms with Crippen molar-refractivity contribution in [1.29, 1.82) is 0 Å². The van der Waals surface area contributed by atoms with Gasteiger partial charge in [0.25, 0.3) is 0 Å². The number of benzene rings is 3. The Balaban J connectivity index is 1.46. The Hall–Kier alpha value is -4.71. The minimum atomic E-state index is -0.207. The van der Waals surface area contributed by atoms with Gasteiger partial charge in [-0.25, -0.2) is 4.98 Å². The van der Waals surface area contributed by atoms with Crippen LogP contribution in [0.15, 0.2) is 108 Å². The molecule has 0 aliphatic carbocycles. The topological polar surface area (TPSA) is 68.4 Å². The van der Waals surface area contributed by atoms with Crippen molar-refractivity contribution in [3.05, 3.63) is 113 Å². The highest BCUT2D eigenvalue weighted by molar-refractivity contribution is 5.98. The molecule has 0 unspecified atom stereocenters. The number of aromatic nitrogens is 3. The van der Waals surface area contributed by atoms with E-state index in [0.29, 0.717) is 22.3 Å². The number of nitrogens with zero attached hydrogens (tertiary/aromatic N) is 3. The fourth-order valence-corrected chi connectivity index (χ4v) is 4.48. The molecule has 0 bridgehead atoms. The molecule has 3 heterocycles. The predicted molar refractivity (Wildman–Crippen MR) is 135 cm³/mol. The van der Waals surface area contributed by atoms with Crippen molar-refractivity contribution in [2.75, 3.05) is 5.32 Å². The molecule has 0 radical (unpaired) electrons. The second-order valence-corrected chi connectivity index (χ2v) is 8.10. The molecule has 3 aromatic heterocycles. The zero-order valence-electron chi connectivity index (χ0n) is 18.2. The van der Waals surface area contributed by atoms with Gasteiger partial charge in [0.15, 0.2) is 5.43 Å². The monoisotopic (exact) mass is 444 g/mol. The van der Waals surface area contributed by atoms with Gasteiger partial charge in [-0.3, -0.25) is 14.0 Å². The lowest BCUT2D eigenvalue weighted by atomic mass is 10.1. The van der Waals surface area contributed by atoms with Crippen molar-refractivity contribution < 1.29 is 4.79 Å². The molecule has 0 spiro atoms. The van der Waals surface area contributed by atoms with Crippen LogP contribution in [0.4, 0.5) is 5.82 Å². The maximum Gasteiger partial charge on any atom is 0.245 e. The highest BCUT2D eigenvalue weighted by Gasteiger charge is 2.18. The summed E-state index contributed by atoms with van der Waals surface area (Å²) in [7, 11) is 0. The summed E-state index contributed by atoms with van der Waals surface area (Å²) < 4.78 is 3.77. The normalized spacial score (nSPS) is 11.3. The molecule has 3 aromatic carbocycles. The summed E-state index contributed by atoms with van der Waals surface area (Å²) in [6.07, 6.45) is 1.88. The third-order valence-corrected chi connectivity index (χ3v) is 6.02. The van der Waals surface area contributed by atoms with Crippen molar-refractivity contribution >= 4 is 39.2 Å². The molecule has 0 aliphatic rings. The second kappa shape index (κ2) is 8.01. The molecular weight excluding hydrogens is 424 g/mol. The molecule has 164 valence electrons. The molecule has 6 rings (SSSR count). The smallest absolute Gasteiger partial charge is 0.245 e. The van der Waals surface area contributed by atoms with Gasteiger partial charge >= 0.3 is 0 Å². The Bertz CT molecular complexity index is 1690. The van der Waals surface area contributed by atoms with Crippen molar-refractivity contribution in [2.24, 2.45) is 0 Å². The lowest BCUT2D eigenvalue weighted by Gasteiger charge is -2.15. The van der Waals surface area contributed by atoms with E-state index >= 15 is 0 Å². The first-order chi connectivity index (χ1) is 16.7. The molecule has 0 saturated heterocycles. The number of carbonyl (C=O) groups excluding carboxylic acids is 1. The molecule has 34 heavy (non-hydrogen) atoms. The molecule has 0 saturated carbocycles. The summed E-state index contributed by atoms with van der Waals surface area (Å²) in [6.45, 7) is 0.0512. The number of nitrogens with one attached hydrogen (secondary N) is 1.